The van der Waals surface area contributed by atoms with Crippen LogP contribution in [-0.2, 0) is 4.79 Å². The predicted octanol–water partition coefficient (Wildman–Crippen LogP) is 1.85. The predicted molar refractivity (Wildman–Crippen MR) is 73.0 cm³/mol. The molecule has 0 radical (unpaired) electrons. The molecule has 1 aromatic carbocycles. The second-order valence-electron chi connectivity index (χ2n) is 3.77. The van der Waals surface area contributed by atoms with Crippen LogP contribution in [0.25, 0.3) is 0 Å². The Labute approximate surface area is 112 Å². The second kappa shape index (κ2) is 6.90. The molecule has 0 spiro atoms. The largest absolute Gasteiger partial charge is 0.495 e. The van der Waals surface area contributed by atoms with Crippen LogP contribution < -0.4 is 10.1 Å². The van der Waals surface area contributed by atoms with Crippen molar-refractivity contribution < 1.29 is 9.53 Å². The molecule has 0 heterocycles. The fourth-order valence-corrected chi connectivity index (χ4v) is 1.60. The lowest BCUT2D eigenvalue weighted by Crippen LogP contribution is -2.30. The molecule has 1 N–H and O–H groups in total. The SMILES string of the molecule is C#CCN(C)CC(=O)Nc1cc(Cl)ccc1OC. The lowest BCUT2D eigenvalue weighted by atomic mass is 10.3. The fraction of sp³-hybridized carbons (Fsp3) is 0.308. The molecule has 96 valence electrons. The molecule has 0 saturated carbocycles. The van der Waals surface area contributed by atoms with E-state index in [9.17, 15) is 4.79 Å². The van der Waals surface area contributed by atoms with E-state index in [2.05, 4.69) is 11.2 Å². The molecular formula is C13H15ClN2O2. The van der Waals surface area contributed by atoms with Gasteiger partial charge in [0.2, 0.25) is 5.91 Å². The molecule has 1 aromatic rings. The fourth-order valence-electron chi connectivity index (χ4n) is 1.42. The van der Waals surface area contributed by atoms with E-state index in [1.165, 1.54) is 7.11 Å². The minimum Gasteiger partial charge on any atom is -0.495 e. The average Bonchev–Trinajstić information content (AvgIpc) is 2.29. The van der Waals surface area contributed by atoms with E-state index in [0.717, 1.165) is 0 Å². The number of hydrogen-bond donors (Lipinski definition) is 1. The summed E-state index contributed by atoms with van der Waals surface area (Å²) in [5.41, 5.74) is 0.545. The van der Waals surface area contributed by atoms with Crippen LogP contribution in [0.4, 0.5) is 5.69 Å². The smallest absolute Gasteiger partial charge is 0.238 e. The van der Waals surface area contributed by atoms with Gasteiger partial charge < -0.3 is 10.1 Å². The number of halogens is 1. The Bertz CT molecular complexity index is 469. The molecule has 0 aromatic heterocycles. The zero-order chi connectivity index (χ0) is 13.5. The van der Waals surface area contributed by atoms with Gasteiger partial charge in [-0.25, -0.2) is 0 Å². The summed E-state index contributed by atoms with van der Waals surface area (Å²) in [5.74, 6) is 2.86. The molecule has 0 aliphatic carbocycles. The first-order valence-corrected chi connectivity index (χ1v) is 5.70. The molecule has 0 bridgehead atoms. The first-order valence-electron chi connectivity index (χ1n) is 5.32. The Morgan fingerprint density at radius 3 is 2.94 bits per heavy atom. The number of nitrogens with one attached hydrogen (secondary N) is 1. The Kier molecular flexibility index (Phi) is 5.50. The summed E-state index contributed by atoms with van der Waals surface area (Å²) >= 11 is 5.87. The zero-order valence-electron chi connectivity index (χ0n) is 10.4. The van der Waals surface area contributed by atoms with Crippen molar-refractivity contribution in [1.82, 2.24) is 4.90 Å². The topological polar surface area (TPSA) is 41.6 Å². The number of hydrogen-bond acceptors (Lipinski definition) is 3. The van der Waals surface area contributed by atoms with E-state index in [1.54, 1.807) is 30.1 Å². The highest BCUT2D eigenvalue weighted by atomic mass is 35.5. The number of nitrogens with zero attached hydrogens (tertiary/aromatic N) is 1. The molecule has 0 unspecified atom stereocenters. The summed E-state index contributed by atoms with van der Waals surface area (Å²) in [5, 5.41) is 3.26. The van der Waals surface area contributed by atoms with Crippen LogP contribution in [0.15, 0.2) is 18.2 Å². The van der Waals surface area contributed by atoms with Crippen molar-refractivity contribution in [2.45, 2.75) is 0 Å². The van der Waals surface area contributed by atoms with E-state index in [4.69, 9.17) is 22.8 Å². The van der Waals surface area contributed by atoms with E-state index in [-0.39, 0.29) is 12.5 Å². The highest BCUT2D eigenvalue weighted by molar-refractivity contribution is 6.31. The van der Waals surface area contributed by atoms with Crippen LogP contribution in [-0.4, -0.2) is 38.1 Å². The van der Waals surface area contributed by atoms with Crippen molar-refractivity contribution >= 4 is 23.2 Å². The second-order valence-corrected chi connectivity index (χ2v) is 4.21. The molecule has 0 fully saturated rings. The molecule has 1 rings (SSSR count). The standard InChI is InChI=1S/C13H15ClN2O2/c1-4-7-16(2)9-13(17)15-11-8-10(14)5-6-12(11)18-3/h1,5-6,8H,7,9H2,2-3H3,(H,15,17). The molecule has 5 heteroatoms. The quantitative estimate of drug-likeness (QED) is 0.827. The van der Waals surface area contributed by atoms with Gasteiger partial charge >= 0.3 is 0 Å². The maximum Gasteiger partial charge on any atom is 0.238 e. The summed E-state index contributed by atoms with van der Waals surface area (Å²) < 4.78 is 5.13. The van der Waals surface area contributed by atoms with Crippen LogP contribution in [0, 0.1) is 12.3 Å². The highest BCUT2D eigenvalue weighted by Gasteiger charge is 2.10. The van der Waals surface area contributed by atoms with Crippen molar-refractivity contribution in [3.63, 3.8) is 0 Å². The number of carbonyl (C=O) groups excluding carboxylic acids is 1. The summed E-state index contributed by atoms with van der Waals surface area (Å²) in [6.07, 6.45) is 5.16. The Balaban J connectivity index is 2.69. The molecule has 0 saturated heterocycles. The lowest BCUT2D eigenvalue weighted by molar-refractivity contribution is -0.116. The van der Waals surface area contributed by atoms with Crippen molar-refractivity contribution in [3.05, 3.63) is 23.2 Å². The van der Waals surface area contributed by atoms with Gasteiger partial charge in [0.05, 0.1) is 25.9 Å². The van der Waals surface area contributed by atoms with Gasteiger partial charge in [0, 0.05) is 5.02 Å². The van der Waals surface area contributed by atoms with Gasteiger partial charge in [-0.3, -0.25) is 9.69 Å². The maximum atomic E-state index is 11.8. The van der Waals surface area contributed by atoms with Crippen LogP contribution in [0.1, 0.15) is 0 Å². The van der Waals surface area contributed by atoms with Crippen molar-refractivity contribution in [1.29, 1.82) is 0 Å². The summed E-state index contributed by atoms with van der Waals surface area (Å²) in [6, 6.07) is 5.03. The Morgan fingerprint density at radius 1 is 1.61 bits per heavy atom. The van der Waals surface area contributed by atoms with E-state index in [0.29, 0.717) is 23.0 Å². The summed E-state index contributed by atoms with van der Waals surface area (Å²) in [6.45, 7) is 0.625. The van der Waals surface area contributed by atoms with Gasteiger partial charge in [0.1, 0.15) is 5.75 Å². The molecule has 1 amide bonds. The average molecular weight is 267 g/mol. The minimum absolute atomic E-state index is 0.173. The van der Waals surface area contributed by atoms with Gasteiger partial charge in [0.25, 0.3) is 0 Å². The molecule has 0 aliphatic heterocycles. The van der Waals surface area contributed by atoms with Gasteiger partial charge in [-0.2, -0.15) is 0 Å². The number of terminal acetylenes is 1. The van der Waals surface area contributed by atoms with Gasteiger partial charge in [-0.1, -0.05) is 17.5 Å². The number of amides is 1. The number of anilines is 1. The van der Waals surface area contributed by atoms with Gasteiger partial charge in [-0.05, 0) is 25.2 Å². The Morgan fingerprint density at radius 2 is 2.33 bits per heavy atom. The lowest BCUT2D eigenvalue weighted by Gasteiger charge is -2.14. The van der Waals surface area contributed by atoms with Gasteiger partial charge in [-0.15, -0.1) is 6.42 Å². The molecule has 4 nitrogen and oxygen atoms in total. The van der Waals surface area contributed by atoms with Crippen LogP contribution in [0.2, 0.25) is 5.02 Å². The first-order chi connectivity index (χ1) is 8.56. The summed E-state index contributed by atoms with van der Waals surface area (Å²) in [7, 11) is 3.30. The monoisotopic (exact) mass is 266 g/mol. The third-order valence-electron chi connectivity index (χ3n) is 2.21. The Hall–Kier alpha value is -1.70. The van der Waals surface area contributed by atoms with Crippen molar-refractivity contribution in [2.24, 2.45) is 0 Å². The zero-order valence-corrected chi connectivity index (χ0v) is 11.1. The molecular weight excluding hydrogens is 252 g/mol. The summed E-state index contributed by atoms with van der Waals surface area (Å²) in [4.78, 5) is 13.5. The van der Waals surface area contributed by atoms with Crippen molar-refractivity contribution in [3.8, 4) is 18.1 Å². The number of likely N-dealkylation sites (N-methyl/N-ethyl adjacent to an activating group) is 1. The van der Waals surface area contributed by atoms with E-state index >= 15 is 0 Å². The first kappa shape index (κ1) is 14.4. The van der Waals surface area contributed by atoms with Crippen molar-refractivity contribution in [2.75, 3.05) is 32.6 Å². The number of carbonyl (C=O) groups is 1. The van der Waals surface area contributed by atoms with E-state index in [1.807, 2.05) is 0 Å². The highest BCUT2D eigenvalue weighted by Crippen LogP contribution is 2.27. The number of ether oxygens (including phenoxy) is 1. The van der Waals surface area contributed by atoms with Crippen LogP contribution >= 0.6 is 11.6 Å². The number of benzene rings is 1. The van der Waals surface area contributed by atoms with Gasteiger partial charge in [0.15, 0.2) is 0 Å². The minimum atomic E-state index is -0.173. The normalized spacial score (nSPS) is 9.94. The third-order valence-corrected chi connectivity index (χ3v) is 2.45. The number of methoxy groups -OCH3 is 1. The molecule has 0 aliphatic rings. The van der Waals surface area contributed by atoms with Crippen LogP contribution in [0.3, 0.4) is 0 Å². The maximum absolute atomic E-state index is 11.8. The number of rotatable bonds is 5. The molecule has 18 heavy (non-hydrogen) atoms. The molecule has 0 atom stereocenters. The van der Waals surface area contributed by atoms with Crippen LogP contribution in [0.5, 0.6) is 5.75 Å². The van der Waals surface area contributed by atoms with E-state index < -0.39 is 0 Å². The third kappa shape index (κ3) is 4.28.